The van der Waals surface area contributed by atoms with Gasteiger partial charge in [-0.3, -0.25) is 0 Å². The van der Waals surface area contributed by atoms with E-state index < -0.39 is 17.5 Å². The van der Waals surface area contributed by atoms with Gasteiger partial charge in [0.25, 0.3) is 0 Å². The third kappa shape index (κ3) is 3.17. The molecule has 0 radical (unpaired) electrons. The zero-order valence-corrected chi connectivity index (χ0v) is 12.7. The number of aliphatic hydroxyl groups is 1. The van der Waals surface area contributed by atoms with E-state index in [0.29, 0.717) is 17.4 Å². The van der Waals surface area contributed by atoms with Crippen LogP contribution in [-0.4, -0.2) is 11.2 Å². The molecule has 1 nitrogen and oxygen atoms in total. The minimum atomic E-state index is -1.35. The van der Waals surface area contributed by atoms with Gasteiger partial charge in [0.2, 0.25) is 0 Å². The average molecular weight is 312 g/mol. The molecule has 1 N–H and O–H groups in total. The predicted octanol–water partition coefficient (Wildman–Crippen LogP) is 4.93. The second-order valence-electron chi connectivity index (χ2n) is 6.94. The highest BCUT2D eigenvalue weighted by molar-refractivity contribution is 5.24. The van der Waals surface area contributed by atoms with E-state index in [1.807, 2.05) is 0 Å². The van der Waals surface area contributed by atoms with Crippen molar-refractivity contribution in [2.24, 2.45) is 11.8 Å². The third-order valence-electron chi connectivity index (χ3n) is 5.68. The van der Waals surface area contributed by atoms with Crippen molar-refractivity contribution in [1.82, 2.24) is 0 Å². The molecule has 2 aliphatic carbocycles. The molecule has 2 fully saturated rings. The summed E-state index contributed by atoms with van der Waals surface area (Å²) in [6.07, 6.45) is 7.52. The van der Waals surface area contributed by atoms with Gasteiger partial charge in [0.1, 0.15) is 0 Å². The van der Waals surface area contributed by atoms with Crippen LogP contribution in [-0.2, 0) is 0 Å². The molecule has 3 rings (SSSR count). The Labute approximate surface area is 129 Å². The van der Waals surface area contributed by atoms with E-state index in [1.165, 1.54) is 6.07 Å². The fourth-order valence-electron chi connectivity index (χ4n) is 4.33. The van der Waals surface area contributed by atoms with Crippen LogP contribution < -0.4 is 0 Å². The number of halogens is 3. The van der Waals surface area contributed by atoms with Crippen molar-refractivity contribution >= 4 is 0 Å². The summed E-state index contributed by atoms with van der Waals surface area (Å²) >= 11 is 0. The first-order chi connectivity index (χ1) is 10.6. The standard InChI is InChI=1S/C18H23F3O/c19-16-10-9-15(17(20)18(16)21)13-3-1-11(2-4-13)12-5-7-14(22)8-6-12/h9-14,22H,1-8H2. The van der Waals surface area contributed by atoms with Crippen molar-refractivity contribution in [2.45, 2.75) is 63.4 Å². The maximum atomic E-state index is 13.9. The molecule has 0 aliphatic heterocycles. The molecule has 4 heteroatoms. The van der Waals surface area contributed by atoms with Crippen molar-refractivity contribution in [2.75, 3.05) is 0 Å². The number of benzene rings is 1. The van der Waals surface area contributed by atoms with Gasteiger partial charge in [-0.15, -0.1) is 0 Å². The molecule has 122 valence electrons. The van der Waals surface area contributed by atoms with Gasteiger partial charge in [0.05, 0.1) is 6.10 Å². The van der Waals surface area contributed by atoms with Crippen LogP contribution in [0.4, 0.5) is 13.2 Å². The van der Waals surface area contributed by atoms with Gasteiger partial charge < -0.3 is 5.11 Å². The summed E-state index contributed by atoms with van der Waals surface area (Å²) < 4.78 is 40.3. The van der Waals surface area contributed by atoms with Crippen LogP contribution in [0.25, 0.3) is 0 Å². The van der Waals surface area contributed by atoms with Gasteiger partial charge in [-0.05, 0) is 80.8 Å². The van der Waals surface area contributed by atoms with Crippen LogP contribution in [0, 0.1) is 29.3 Å². The molecule has 22 heavy (non-hydrogen) atoms. The highest BCUT2D eigenvalue weighted by Crippen LogP contribution is 2.43. The van der Waals surface area contributed by atoms with Crippen LogP contribution in [0.15, 0.2) is 12.1 Å². The van der Waals surface area contributed by atoms with Crippen LogP contribution in [0.2, 0.25) is 0 Å². The molecule has 2 aliphatic rings. The molecule has 0 saturated heterocycles. The molecule has 0 amide bonds. The first-order valence-corrected chi connectivity index (χ1v) is 8.37. The van der Waals surface area contributed by atoms with E-state index in [-0.39, 0.29) is 12.0 Å². The van der Waals surface area contributed by atoms with Crippen molar-refractivity contribution in [3.8, 4) is 0 Å². The van der Waals surface area contributed by atoms with Gasteiger partial charge in [-0.1, -0.05) is 6.07 Å². The van der Waals surface area contributed by atoms with Gasteiger partial charge in [0.15, 0.2) is 17.5 Å². The summed E-state index contributed by atoms with van der Waals surface area (Å²) in [7, 11) is 0. The van der Waals surface area contributed by atoms with Crippen molar-refractivity contribution in [3.05, 3.63) is 35.1 Å². The Morgan fingerprint density at radius 2 is 1.27 bits per heavy atom. The number of aliphatic hydroxyl groups excluding tert-OH is 1. The molecule has 2 saturated carbocycles. The highest BCUT2D eigenvalue weighted by Gasteiger charge is 2.32. The molecule has 0 unspecified atom stereocenters. The summed E-state index contributed by atoms with van der Waals surface area (Å²) in [5.74, 6) is -2.17. The topological polar surface area (TPSA) is 20.2 Å². The largest absolute Gasteiger partial charge is 0.393 e. The molecule has 1 aromatic carbocycles. The molecular weight excluding hydrogens is 289 g/mol. The lowest BCUT2D eigenvalue weighted by Crippen LogP contribution is -2.27. The van der Waals surface area contributed by atoms with Gasteiger partial charge in [0, 0.05) is 0 Å². The number of hydrogen-bond donors (Lipinski definition) is 1. The Morgan fingerprint density at radius 1 is 0.727 bits per heavy atom. The average Bonchev–Trinajstić information content (AvgIpc) is 2.54. The molecule has 1 aromatic rings. The second kappa shape index (κ2) is 6.61. The summed E-state index contributed by atoms with van der Waals surface area (Å²) in [5.41, 5.74) is 0.330. The summed E-state index contributed by atoms with van der Waals surface area (Å²) in [5, 5.41) is 9.59. The van der Waals surface area contributed by atoms with E-state index in [4.69, 9.17) is 0 Å². The maximum absolute atomic E-state index is 13.9. The lowest BCUT2D eigenvalue weighted by atomic mass is 9.69. The van der Waals surface area contributed by atoms with Crippen LogP contribution in [0.1, 0.15) is 62.8 Å². The third-order valence-corrected chi connectivity index (χ3v) is 5.68. The van der Waals surface area contributed by atoms with E-state index in [0.717, 1.165) is 57.4 Å². The van der Waals surface area contributed by atoms with E-state index >= 15 is 0 Å². The predicted molar refractivity (Wildman–Crippen MR) is 79.0 cm³/mol. The Hall–Kier alpha value is -1.03. The zero-order valence-electron chi connectivity index (χ0n) is 12.7. The van der Waals surface area contributed by atoms with Gasteiger partial charge in [-0.25, -0.2) is 13.2 Å². The summed E-state index contributed by atoms with van der Waals surface area (Å²) in [6, 6.07) is 2.43. The Morgan fingerprint density at radius 3 is 1.86 bits per heavy atom. The first kappa shape index (κ1) is 15.9. The Balaban J connectivity index is 1.61. The molecular formula is C18H23F3O. The second-order valence-corrected chi connectivity index (χ2v) is 6.94. The van der Waals surface area contributed by atoms with Crippen LogP contribution >= 0.6 is 0 Å². The summed E-state index contributed by atoms with van der Waals surface area (Å²) in [6.45, 7) is 0. The fraction of sp³-hybridized carbons (Fsp3) is 0.667. The van der Waals surface area contributed by atoms with E-state index in [9.17, 15) is 18.3 Å². The highest BCUT2D eigenvalue weighted by atomic mass is 19.2. The monoisotopic (exact) mass is 312 g/mol. The van der Waals surface area contributed by atoms with Gasteiger partial charge in [-0.2, -0.15) is 0 Å². The normalized spacial score (nSPS) is 32.9. The Bertz CT molecular complexity index is 515. The Kier molecular flexibility index (Phi) is 4.76. The van der Waals surface area contributed by atoms with Crippen molar-refractivity contribution in [3.63, 3.8) is 0 Å². The zero-order chi connectivity index (χ0) is 15.7. The molecule has 0 aromatic heterocycles. The number of hydrogen-bond acceptors (Lipinski definition) is 1. The minimum Gasteiger partial charge on any atom is -0.393 e. The van der Waals surface area contributed by atoms with E-state index in [2.05, 4.69) is 0 Å². The molecule has 0 heterocycles. The fourth-order valence-corrected chi connectivity index (χ4v) is 4.33. The molecule has 0 spiro atoms. The van der Waals surface area contributed by atoms with Crippen molar-refractivity contribution in [1.29, 1.82) is 0 Å². The van der Waals surface area contributed by atoms with Gasteiger partial charge >= 0.3 is 0 Å². The lowest BCUT2D eigenvalue weighted by Gasteiger charge is -2.37. The molecule has 0 bridgehead atoms. The maximum Gasteiger partial charge on any atom is 0.194 e. The summed E-state index contributed by atoms with van der Waals surface area (Å²) in [4.78, 5) is 0. The quantitative estimate of drug-likeness (QED) is 0.768. The van der Waals surface area contributed by atoms with Crippen molar-refractivity contribution < 1.29 is 18.3 Å². The smallest absolute Gasteiger partial charge is 0.194 e. The van der Waals surface area contributed by atoms with Crippen LogP contribution in [0.3, 0.4) is 0 Å². The number of rotatable bonds is 2. The SMILES string of the molecule is OC1CCC(C2CCC(c3ccc(F)c(F)c3F)CC2)CC1. The van der Waals surface area contributed by atoms with Crippen LogP contribution in [0.5, 0.6) is 0 Å². The van der Waals surface area contributed by atoms with E-state index in [1.54, 1.807) is 0 Å². The first-order valence-electron chi connectivity index (χ1n) is 8.37. The minimum absolute atomic E-state index is 0.000492. The lowest BCUT2D eigenvalue weighted by molar-refractivity contribution is 0.0803. The molecule has 0 atom stereocenters.